The number of nitrogens with zero attached hydrogens (tertiary/aromatic N) is 3. The molecule has 1 saturated heterocycles. The molecule has 0 radical (unpaired) electrons. The first-order valence-electron chi connectivity index (χ1n) is 12.6. The number of H-pyrrole nitrogens is 1. The Hall–Kier alpha value is -4.50. The molecule has 3 aromatic heterocycles. The van der Waals surface area contributed by atoms with Crippen molar-refractivity contribution in [1.29, 1.82) is 0 Å². The van der Waals surface area contributed by atoms with E-state index in [2.05, 4.69) is 20.4 Å². The Labute approximate surface area is 218 Å². The number of hydrogen-bond donors (Lipinski definition) is 2. The Bertz CT molecular complexity index is 1690. The van der Waals surface area contributed by atoms with Gasteiger partial charge in [-0.25, -0.2) is 4.98 Å². The van der Waals surface area contributed by atoms with E-state index in [1.54, 1.807) is 18.5 Å². The molecule has 0 spiro atoms. The molecule has 9 nitrogen and oxygen atoms in total. The van der Waals surface area contributed by atoms with E-state index in [0.29, 0.717) is 41.3 Å². The number of carbonyl (C=O) groups excluding carboxylic acids is 1. The largest absolute Gasteiger partial charge is 0.439 e. The Morgan fingerprint density at radius 1 is 1.13 bits per heavy atom. The summed E-state index contributed by atoms with van der Waals surface area (Å²) in [6.07, 6.45) is 4.93. The van der Waals surface area contributed by atoms with Gasteiger partial charge in [0.15, 0.2) is 0 Å². The van der Waals surface area contributed by atoms with Crippen LogP contribution in [0.3, 0.4) is 0 Å². The van der Waals surface area contributed by atoms with E-state index in [9.17, 15) is 9.59 Å². The van der Waals surface area contributed by atoms with Gasteiger partial charge in [0.05, 0.1) is 28.7 Å². The van der Waals surface area contributed by atoms with E-state index < -0.39 is 0 Å². The number of rotatable bonds is 6. The number of fused-ring (bicyclic) bond motifs is 3. The number of aromatic amines is 1. The molecule has 1 amide bonds. The molecular weight excluding hydrogens is 482 g/mol. The molecular formula is C29H27N5O4. The van der Waals surface area contributed by atoms with E-state index >= 15 is 0 Å². The number of aryl methyl sites for hydroxylation is 1. The highest BCUT2D eigenvalue weighted by Crippen LogP contribution is 2.30. The van der Waals surface area contributed by atoms with Gasteiger partial charge in [0, 0.05) is 48.5 Å². The lowest BCUT2D eigenvalue weighted by molar-refractivity contribution is 0.0675. The highest BCUT2D eigenvalue weighted by Gasteiger charge is 2.22. The van der Waals surface area contributed by atoms with Gasteiger partial charge in [-0.05, 0) is 49.6 Å². The summed E-state index contributed by atoms with van der Waals surface area (Å²) in [6, 6.07) is 16.8. The fourth-order valence-electron chi connectivity index (χ4n) is 4.99. The maximum atomic E-state index is 13.4. The van der Waals surface area contributed by atoms with Crippen LogP contribution in [0.1, 0.15) is 40.4 Å². The SMILES string of the molecule is Cc1cc2[nH]c(=O)c3cnn(C4CCOCC4)c3c2cc1C(=O)NCc1ccccc1Oc1ccccn1. The lowest BCUT2D eigenvalue weighted by Gasteiger charge is -2.23. The minimum atomic E-state index is -0.214. The van der Waals surface area contributed by atoms with Crippen LogP contribution in [0, 0.1) is 6.92 Å². The zero-order chi connectivity index (χ0) is 26.1. The first-order chi connectivity index (χ1) is 18.6. The highest BCUT2D eigenvalue weighted by molar-refractivity contribution is 6.07. The highest BCUT2D eigenvalue weighted by atomic mass is 16.5. The summed E-state index contributed by atoms with van der Waals surface area (Å²) in [7, 11) is 0. The molecule has 1 aliphatic heterocycles. The predicted molar refractivity (Wildman–Crippen MR) is 144 cm³/mol. The van der Waals surface area contributed by atoms with Crippen molar-refractivity contribution >= 4 is 27.7 Å². The number of aromatic nitrogens is 4. The molecule has 2 aromatic carbocycles. The minimum absolute atomic E-state index is 0.139. The second-order valence-corrected chi connectivity index (χ2v) is 9.42. The molecule has 4 heterocycles. The molecule has 0 atom stereocenters. The van der Waals surface area contributed by atoms with Crippen LogP contribution in [0.5, 0.6) is 11.6 Å². The van der Waals surface area contributed by atoms with Gasteiger partial charge in [-0.2, -0.15) is 5.10 Å². The van der Waals surface area contributed by atoms with E-state index in [1.807, 2.05) is 60.1 Å². The number of amides is 1. The third-order valence-corrected chi connectivity index (χ3v) is 6.95. The maximum absolute atomic E-state index is 13.4. The number of nitrogens with one attached hydrogen (secondary N) is 2. The summed E-state index contributed by atoms with van der Waals surface area (Å²) < 4.78 is 13.4. The van der Waals surface area contributed by atoms with E-state index in [4.69, 9.17) is 9.47 Å². The van der Waals surface area contributed by atoms with Crippen molar-refractivity contribution in [3.05, 3.63) is 94.0 Å². The zero-order valence-electron chi connectivity index (χ0n) is 20.9. The lowest BCUT2D eigenvalue weighted by Crippen LogP contribution is -2.24. The third-order valence-electron chi connectivity index (χ3n) is 6.95. The molecule has 9 heteroatoms. The molecule has 38 heavy (non-hydrogen) atoms. The maximum Gasteiger partial charge on any atom is 0.259 e. The van der Waals surface area contributed by atoms with Gasteiger partial charge in [-0.15, -0.1) is 0 Å². The topological polar surface area (TPSA) is 111 Å². The number of hydrogen-bond acceptors (Lipinski definition) is 6. The van der Waals surface area contributed by atoms with E-state index in [-0.39, 0.29) is 24.1 Å². The number of carbonyl (C=O) groups is 1. The second-order valence-electron chi connectivity index (χ2n) is 9.42. The summed E-state index contributed by atoms with van der Waals surface area (Å²) in [6.45, 7) is 3.46. The molecule has 1 fully saturated rings. The lowest BCUT2D eigenvalue weighted by atomic mass is 10.0. The number of ether oxygens (including phenoxy) is 2. The van der Waals surface area contributed by atoms with Crippen LogP contribution >= 0.6 is 0 Å². The number of benzene rings is 2. The fraction of sp³-hybridized carbons (Fsp3) is 0.241. The van der Waals surface area contributed by atoms with Gasteiger partial charge in [0.2, 0.25) is 5.88 Å². The number of pyridine rings is 2. The van der Waals surface area contributed by atoms with Gasteiger partial charge in [0.1, 0.15) is 5.75 Å². The van der Waals surface area contributed by atoms with E-state index in [0.717, 1.165) is 34.9 Å². The quantitative estimate of drug-likeness (QED) is 0.345. The molecule has 192 valence electrons. The molecule has 2 N–H and O–H groups in total. The Morgan fingerprint density at radius 3 is 2.76 bits per heavy atom. The van der Waals surface area contributed by atoms with Crippen LogP contribution in [0.2, 0.25) is 0 Å². The number of para-hydroxylation sites is 1. The van der Waals surface area contributed by atoms with Crippen molar-refractivity contribution < 1.29 is 14.3 Å². The molecule has 1 aliphatic rings. The van der Waals surface area contributed by atoms with Crippen molar-refractivity contribution in [2.24, 2.45) is 0 Å². The van der Waals surface area contributed by atoms with Crippen LogP contribution in [0.4, 0.5) is 0 Å². The standard InChI is InChI=1S/C29H27N5O4/c1-18-14-24-22(27-23(29(36)33-24)17-32-34(27)20-9-12-37-13-10-20)15-21(18)28(35)31-16-19-6-2-3-7-25(19)38-26-8-4-5-11-30-26/h2-8,11,14-15,17,20H,9-10,12-13,16H2,1H3,(H,31,35)(H,33,36). The van der Waals surface area contributed by atoms with Crippen LogP contribution in [0.25, 0.3) is 21.8 Å². The van der Waals surface area contributed by atoms with Crippen molar-refractivity contribution in [3.63, 3.8) is 0 Å². The first kappa shape index (κ1) is 23.9. The molecule has 0 aliphatic carbocycles. The van der Waals surface area contributed by atoms with E-state index in [1.165, 1.54) is 0 Å². The smallest absolute Gasteiger partial charge is 0.259 e. The summed E-state index contributed by atoms with van der Waals surface area (Å²) in [4.78, 5) is 33.4. The van der Waals surface area contributed by atoms with Gasteiger partial charge in [-0.1, -0.05) is 24.3 Å². The Morgan fingerprint density at radius 2 is 1.95 bits per heavy atom. The Kier molecular flexibility index (Phi) is 6.35. The first-order valence-corrected chi connectivity index (χ1v) is 12.6. The van der Waals surface area contributed by atoms with Gasteiger partial charge >= 0.3 is 0 Å². The minimum Gasteiger partial charge on any atom is -0.439 e. The normalized spacial score (nSPS) is 14.1. The van der Waals surface area contributed by atoms with Crippen molar-refractivity contribution in [3.8, 4) is 11.6 Å². The van der Waals surface area contributed by atoms with Crippen molar-refractivity contribution in [1.82, 2.24) is 25.1 Å². The van der Waals surface area contributed by atoms with Crippen LogP contribution in [0.15, 0.2) is 71.8 Å². The van der Waals surface area contributed by atoms with Crippen LogP contribution < -0.4 is 15.6 Å². The summed E-state index contributed by atoms with van der Waals surface area (Å²) in [5.74, 6) is 0.894. The molecule has 0 unspecified atom stereocenters. The monoisotopic (exact) mass is 509 g/mol. The summed E-state index contributed by atoms with van der Waals surface area (Å²) in [5, 5.41) is 8.90. The fourth-order valence-corrected chi connectivity index (χ4v) is 4.99. The second kappa shape index (κ2) is 10.1. The average molecular weight is 510 g/mol. The summed E-state index contributed by atoms with van der Waals surface area (Å²) >= 11 is 0. The molecule has 0 bridgehead atoms. The average Bonchev–Trinajstić information content (AvgIpc) is 3.39. The van der Waals surface area contributed by atoms with Crippen molar-refractivity contribution in [2.45, 2.75) is 32.4 Å². The summed E-state index contributed by atoms with van der Waals surface area (Å²) in [5.41, 5.74) is 3.37. The van der Waals surface area contributed by atoms with Crippen LogP contribution in [-0.2, 0) is 11.3 Å². The van der Waals surface area contributed by atoms with Crippen molar-refractivity contribution in [2.75, 3.05) is 13.2 Å². The predicted octanol–water partition coefficient (Wildman–Crippen LogP) is 4.66. The van der Waals surface area contributed by atoms with Gasteiger partial charge in [-0.3, -0.25) is 14.3 Å². The van der Waals surface area contributed by atoms with Gasteiger partial charge in [0.25, 0.3) is 11.5 Å². The molecule has 6 rings (SSSR count). The molecule has 5 aromatic rings. The third kappa shape index (κ3) is 4.52. The van der Waals surface area contributed by atoms with Crippen LogP contribution in [-0.4, -0.2) is 38.9 Å². The Balaban J connectivity index is 1.32. The molecule has 0 saturated carbocycles. The zero-order valence-corrected chi connectivity index (χ0v) is 20.9. The van der Waals surface area contributed by atoms with Gasteiger partial charge < -0.3 is 19.8 Å².